The number of alkyl halides is 2. The lowest BCUT2D eigenvalue weighted by Crippen LogP contribution is -2.28. The van der Waals surface area contributed by atoms with Gasteiger partial charge in [0.15, 0.2) is 0 Å². The van der Waals surface area contributed by atoms with Crippen molar-refractivity contribution in [2.75, 3.05) is 31.2 Å². The fraction of sp³-hybridized carbons (Fsp3) is 0.581. The van der Waals surface area contributed by atoms with Gasteiger partial charge in [-0.25, -0.2) is 23.4 Å². The number of nitrogens with zero attached hydrogens (tertiary/aromatic N) is 6. The molecule has 0 radical (unpaired) electrons. The summed E-state index contributed by atoms with van der Waals surface area (Å²) in [5.41, 5.74) is 2.40. The van der Waals surface area contributed by atoms with Crippen molar-refractivity contribution >= 4 is 40.3 Å². The standard InChI is InChI=1S/C22H28F2N4O3.C9H13IN2O2/c1-5-16-13(7-8-19(25-16)27-10-14-15(11-27)22(14,23)24)20(29)17-9-18(21(30)31-6-2)28(26-17)12(3)4;1-4-14-9(13)7-5-8(10)11-12(7)6(2)3/h7-9,12,14-15,20,29H,5-6,10-11H2,1-4H3;5-6H,4H2,1-3H3. The maximum atomic E-state index is 13.5. The van der Waals surface area contributed by atoms with Crippen LogP contribution in [0.4, 0.5) is 14.6 Å². The third-order valence-corrected chi connectivity index (χ3v) is 8.36. The molecule has 1 aliphatic carbocycles. The van der Waals surface area contributed by atoms with Gasteiger partial charge in [0.05, 0.1) is 30.7 Å². The Morgan fingerprint density at radius 1 is 0.956 bits per heavy atom. The molecule has 0 spiro atoms. The van der Waals surface area contributed by atoms with Crippen LogP contribution in [0.3, 0.4) is 0 Å². The van der Waals surface area contributed by atoms with Crippen LogP contribution in [0.5, 0.6) is 0 Å². The number of ether oxygens (including phenoxy) is 2. The van der Waals surface area contributed by atoms with E-state index in [1.165, 1.54) is 0 Å². The molecule has 1 aliphatic heterocycles. The minimum Gasteiger partial charge on any atom is -0.461 e. The second-order valence-corrected chi connectivity index (χ2v) is 12.7. The van der Waals surface area contributed by atoms with E-state index in [1.807, 2.05) is 39.5 Å². The van der Waals surface area contributed by atoms with Crippen LogP contribution in [0.2, 0.25) is 0 Å². The number of pyridine rings is 1. The van der Waals surface area contributed by atoms with E-state index < -0.39 is 29.8 Å². The van der Waals surface area contributed by atoms with Gasteiger partial charge in [-0.1, -0.05) is 13.0 Å². The smallest absolute Gasteiger partial charge is 0.356 e. The fourth-order valence-electron chi connectivity index (χ4n) is 5.48. The van der Waals surface area contributed by atoms with E-state index in [4.69, 9.17) is 9.47 Å². The first-order valence-electron chi connectivity index (χ1n) is 15.2. The minimum absolute atomic E-state index is 0.0915. The number of carbonyl (C=O) groups excluding carboxylic acids is 2. The number of hydrogen-bond donors (Lipinski definition) is 1. The van der Waals surface area contributed by atoms with Gasteiger partial charge in [-0.3, -0.25) is 9.36 Å². The molecule has 2 aliphatic rings. The summed E-state index contributed by atoms with van der Waals surface area (Å²) in [6.07, 6.45) is -0.506. The number of rotatable bonds is 10. The topological polar surface area (TPSA) is 125 Å². The molecular formula is C31H41F2IN6O5. The Morgan fingerprint density at radius 3 is 2.00 bits per heavy atom. The Bertz CT molecular complexity index is 1510. The first-order chi connectivity index (χ1) is 21.2. The number of esters is 2. The highest BCUT2D eigenvalue weighted by Gasteiger charge is 2.71. The van der Waals surface area contributed by atoms with Gasteiger partial charge in [0.25, 0.3) is 5.92 Å². The fourth-order valence-corrected chi connectivity index (χ4v) is 6.00. The molecule has 2 fully saturated rings. The SMILES string of the molecule is CCOC(=O)c1cc(C(O)c2ccc(N3CC4C(C3)C4(F)F)nc2CC)nn1C(C)C.CCOC(=O)c1cc(I)nn1C(C)C. The molecule has 1 N–H and O–H groups in total. The van der Waals surface area contributed by atoms with Crippen molar-refractivity contribution in [2.45, 2.75) is 79.0 Å². The lowest BCUT2D eigenvalue weighted by atomic mass is 10.0. The summed E-state index contributed by atoms with van der Waals surface area (Å²) in [5.74, 6) is -3.84. The lowest BCUT2D eigenvalue weighted by molar-refractivity contribution is 0.0500. The summed E-state index contributed by atoms with van der Waals surface area (Å²) in [7, 11) is 0. The second kappa shape index (κ2) is 14.1. The quantitative estimate of drug-likeness (QED) is 0.208. The van der Waals surface area contributed by atoms with E-state index >= 15 is 0 Å². The molecule has 0 aromatic carbocycles. The predicted octanol–water partition coefficient (Wildman–Crippen LogP) is 5.63. The Labute approximate surface area is 275 Å². The van der Waals surface area contributed by atoms with E-state index in [2.05, 4.69) is 37.8 Å². The zero-order valence-corrected chi connectivity index (χ0v) is 28.8. The molecule has 5 rings (SSSR count). The number of hydrogen-bond acceptors (Lipinski definition) is 9. The highest BCUT2D eigenvalue weighted by molar-refractivity contribution is 14.1. The zero-order chi connectivity index (χ0) is 33.2. The van der Waals surface area contributed by atoms with Crippen LogP contribution < -0.4 is 4.90 Å². The summed E-state index contributed by atoms with van der Waals surface area (Å²) < 4.78 is 41.1. The summed E-state index contributed by atoms with van der Waals surface area (Å²) in [6, 6.07) is 6.88. The van der Waals surface area contributed by atoms with Crippen LogP contribution in [0.25, 0.3) is 0 Å². The highest BCUT2D eigenvalue weighted by Crippen LogP contribution is 2.59. The normalized spacial score (nSPS) is 18.8. The number of aliphatic hydroxyl groups is 1. The van der Waals surface area contributed by atoms with Crippen LogP contribution in [0.1, 0.15) is 105 Å². The molecule has 0 bridgehead atoms. The summed E-state index contributed by atoms with van der Waals surface area (Å²) in [6.45, 7) is 14.4. The van der Waals surface area contributed by atoms with Crippen molar-refractivity contribution in [1.29, 1.82) is 0 Å². The third-order valence-electron chi connectivity index (χ3n) is 7.84. The van der Waals surface area contributed by atoms with E-state index in [9.17, 15) is 23.5 Å². The third kappa shape index (κ3) is 7.31. The molecule has 3 aromatic rings. The zero-order valence-electron chi connectivity index (χ0n) is 26.6. The van der Waals surface area contributed by atoms with Crippen LogP contribution >= 0.6 is 22.6 Å². The maximum absolute atomic E-state index is 13.5. The minimum atomic E-state index is -2.54. The van der Waals surface area contributed by atoms with E-state index in [0.717, 1.165) is 3.70 Å². The highest BCUT2D eigenvalue weighted by atomic mass is 127. The van der Waals surface area contributed by atoms with Gasteiger partial charge in [0.1, 0.15) is 27.0 Å². The lowest BCUT2D eigenvalue weighted by Gasteiger charge is -2.23. The van der Waals surface area contributed by atoms with Crippen LogP contribution in [0.15, 0.2) is 24.3 Å². The Balaban J connectivity index is 0.000000276. The largest absolute Gasteiger partial charge is 0.461 e. The average Bonchev–Trinajstić information content (AvgIpc) is 3.56. The molecule has 3 atom stereocenters. The molecule has 3 aromatic heterocycles. The molecule has 0 amide bonds. The molecule has 1 saturated carbocycles. The molecule has 1 saturated heterocycles. The van der Waals surface area contributed by atoms with Gasteiger partial charge >= 0.3 is 11.9 Å². The van der Waals surface area contributed by atoms with E-state index in [1.54, 1.807) is 47.5 Å². The molecular weight excluding hydrogens is 701 g/mol. The number of fused-ring (bicyclic) bond motifs is 1. The maximum Gasteiger partial charge on any atom is 0.356 e. The summed E-state index contributed by atoms with van der Waals surface area (Å²) in [5, 5.41) is 19.7. The van der Waals surface area contributed by atoms with Gasteiger partial charge in [-0.2, -0.15) is 10.2 Å². The predicted molar refractivity (Wildman–Crippen MR) is 172 cm³/mol. The number of piperidine rings is 1. The Kier molecular flexibility index (Phi) is 10.9. The molecule has 11 nitrogen and oxygen atoms in total. The van der Waals surface area contributed by atoms with Crippen LogP contribution in [-0.4, -0.2) is 73.8 Å². The molecule has 4 heterocycles. The number of aromatic nitrogens is 5. The van der Waals surface area contributed by atoms with Crippen molar-refractivity contribution in [2.24, 2.45) is 11.8 Å². The number of carbonyl (C=O) groups is 2. The van der Waals surface area contributed by atoms with Gasteiger partial charge in [-0.15, -0.1) is 0 Å². The number of aryl methyl sites for hydroxylation is 1. The number of anilines is 1. The van der Waals surface area contributed by atoms with Crippen LogP contribution in [0, 0.1) is 15.5 Å². The van der Waals surface area contributed by atoms with Gasteiger partial charge < -0.3 is 19.5 Å². The van der Waals surface area contributed by atoms with E-state index in [-0.39, 0.29) is 30.4 Å². The molecule has 14 heteroatoms. The summed E-state index contributed by atoms with van der Waals surface area (Å²) >= 11 is 2.08. The van der Waals surface area contributed by atoms with Gasteiger partial charge in [0.2, 0.25) is 0 Å². The molecule has 246 valence electrons. The average molecular weight is 743 g/mol. The van der Waals surface area contributed by atoms with Crippen molar-refractivity contribution in [3.05, 3.63) is 56.3 Å². The second-order valence-electron chi connectivity index (χ2n) is 11.6. The van der Waals surface area contributed by atoms with Crippen molar-refractivity contribution < 1.29 is 33.0 Å². The molecule has 45 heavy (non-hydrogen) atoms. The van der Waals surface area contributed by atoms with Gasteiger partial charge in [-0.05, 0) is 82.7 Å². The number of aliphatic hydroxyl groups excluding tert-OH is 1. The number of halogens is 3. The first kappa shape index (κ1) is 34.7. The van der Waals surface area contributed by atoms with Crippen molar-refractivity contribution in [3.8, 4) is 0 Å². The van der Waals surface area contributed by atoms with Gasteiger partial charge in [0, 0.05) is 42.5 Å². The Morgan fingerprint density at radius 2 is 1.49 bits per heavy atom. The van der Waals surface area contributed by atoms with Crippen LogP contribution in [-0.2, 0) is 15.9 Å². The first-order valence-corrected chi connectivity index (χ1v) is 16.3. The molecule has 3 unspecified atom stereocenters. The van der Waals surface area contributed by atoms with E-state index in [0.29, 0.717) is 54.6 Å². The van der Waals surface area contributed by atoms with Crippen molar-refractivity contribution in [1.82, 2.24) is 24.5 Å². The van der Waals surface area contributed by atoms with Crippen molar-refractivity contribution in [3.63, 3.8) is 0 Å². The monoisotopic (exact) mass is 742 g/mol. The Hall–Kier alpha value is -3.14. The summed E-state index contributed by atoms with van der Waals surface area (Å²) in [4.78, 5) is 30.3.